The number of hydrogen-bond acceptors (Lipinski definition) is 6. The van der Waals surface area contributed by atoms with E-state index in [2.05, 4.69) is 20.9 Å². The number of nitrogens with zero attached hydrogens (tertiary/aromatic N) is 1. The number of hydrogen-bond donors (Lipinski definition) is 3. The third-order valence-corrected chi connectivity index (χ3v) is 8.64. The van der Waals surface area contributed by atoms with E-state index in [1.165, 1.54) is 23.1 Å². The number of thiazole rings is 1. The van der Waals surface area contributed by atoms with Crippen molar-refractivity contribution in [2.45, 2.75) is 11.8 Å². The number of halogens is 2. The van der Waals surface area contributed by atoms with E-state index in [0.717, 1.165) is 21.6 Å². The van der Waals surface area contributed by atoms with Gasteiger partial charge in [0.25, 0.3) is 11.8 Å². The predicted molar refractivity (Wildman–Crippen MR) is 185 cm³/mol. The number of nitrogens with one attached hydrogen (secondary N) is 3. The summed E-state index contributed by atoms with van der Waals surface area (Å²) >= 11 is 14.9. The predicted octanol–water partition coefficient (Wildman–Crippen LogP) is 8.57. The first-order valence-electron chi connectivity index (χ1n) is 13.6. The quantitative estimate of drug-likeness (QED) is 0.102. The van der Waals surface area contributed by atoms with E-state index in [1.807, 2.05) is 54.8 Å². The molecule has 0 spiro atoms. The maximum atomic E-state index is 13.3. The molecule has 0 bridgehead atoms. The van der Waals surface area contributed by atoms with Crippen LogP contribution in [0.3, 0.4) is 0 Å². The van der Waals surface area contributed by atoms with E-state index in [0.29, 0.717) is 32.1 Å². The number of rotatable bonds is 10. The third kappa shape index (κ3) is 9.06. The highest BCUT2D eigenvalue weighted by atomic mass is 35.5. The zero-order valence-corrected chi connectivity index (χ0v) is 27.0. The fourth-order valence-corrected chi connectivity index (χ4v) is 6.09. The molecule has 11 heteroatoms. The minimum Gasteiger partial charge on any atom is -0.321 e. The Morgan fingerprint density at radius 2 is 1.67 bits per heavy atom. The van der Waals surface area contributed by atoms with Gasteiger partial charge in [-0.15, -0.1) is 23.1 Å². The van der Waals surface area contributed by atoms with Crippen LogP contribution in [0, 0.1) is 6.92 Å². The number of aromatic nitrogens is 1. The number of anilines is 2. The summed E-state index contributed by atoms with van der Waals surface area (Å²) in [5.74, 6) is -0.904. The van der Waals surface area contributed by atoms with Crippen LogP contribution in [0.4, 0.5) is 10.8 Å². The summed E-state index contributed by atoms with van der Waals surface area (Å²) < 4.78 is 0. The number of carbonyl (C=O) groups excluding carboxylic acids is 3. The van der Waals surface area contributed by atoms with Crippen LogP contribution in [0.25, 0.3) is 17.3 Å². The number of amides is 3. The second kappa shape index (κ2) is 15.0. The molecule has 7 nitrogen and oxygen atoms in total. The van der Waals surface area contributed by atoms with Crippen LogP contribution >= 0.6 is 46.3 Å². The molecule has 5 aromatic rings. The van der Waals surface area contributed by atoms with Gasteiger partial charge >= 0.3 is 0 Å². The zero-order valence-electron chi connectivity index (χ0n) is 23.8. The lowest BCUT2D eigenvalue weighted by Gasteiger charge is -2.12. The molecule has 1 heterocycles. The lowest BCUT2D eigenvalue weighted by atomic mass is 10.1. The summed E-state index contributed by atoms with van der Waals surface area (Å²) in [5.41, 5.74) is 4.27. The van der Waals surface area contributed by atoms with Crippen LogP contribution in [-0.2, 0) is 9.59 Å². The van der Waals surface area contributed by atoms with Gasteiger partial charge in [0.1, 0.15) is 5.70 Å². The second-order valence-corrected chi connectivity index (χ2v) is 12.5. The van der Waals surface area contributed by atoms with Crippen LogP contribution in [0.1, 0.15) is 21.5 Å². The van der Waals surface area contributed by atoms with Crippen molar-refractivity contribution >= 4 is 80.9 Å². The van der Waals surface area contributed by atoms with Crippen molar-refractivity contribution < 1.29 is 14.4 Å². The van der Waals surface area contributed by atoms with E-state index < -0.39 is 11.8 Å². The summed E-state index contributed by atoms with van der Waals surface area (Å²) in [6.45, 7) is 1.96. The molecule has 1 aromatic heterocycles. The Labute approximate surface area is 278 Å². The van der Waals surface area contributed by atoms with Gasteiger partial charge in [0.05, 0.1) is 16.5 Å². The van der Waals surface area contributed by atoms with Gasteiger partial charge < -0.3 is 16.0 Å². The molecule has 0 saturated carbocycles. The first kappa shape index (κ1) is 32.0. The van der Waals surface area contributed by atoms with Crippen molar-refractivity contribution in [1.29, 1.82) is 0 Å². The molecule has 0 aliphatic rings. The number of aryl methyl sites for hydroxylation is 1. The lowest BCUT2D eigenvalue weighted by molar-refractivity contribution is -0.114. The standard InChI is InChI=1S/C34H26Cl2N4O3S2/c1-21-6-5-7-22(16-21)17-29(38-32(42)23-8-3-2-4-9-23)33(43)37-25-11-13-26(14-12-25)44-20-31(41)40-34-39-30(19-45-34)27-15-10-24(35)18-28(27)36/h2-19H,20H2,1H3,(H,37,43)(H,38,42)(H,39,40,41)/b29-17-. The Balaban J connectivity index is 1.19. The highest BCUT2D eigenvalue weighted by Gasteiger charge is 2.16. The van der Waals surface area contributed by atoms with Crippen LogP contribution in [0.15, 0.2) is 113 Å². The highest BCUT2D eigenvalue weighted by Crippen LogP contribution is 2.32. The second-order valence-electron chi connectivity index (χ2n) is 9.77. The minimum absolute atomic E-state index is 0.105. The SMILES string of the molecule is Cc1cccc(/C=C(\NC(=O)c2ccccc2)C(=O)Nc2ccc(SCC(=O)Nc3nc(-c4ccc(Cl)cc4Cl)cs3)cc2)c1. The number of thioether (sulfide) groups is 1. The van der Waals surface area contributed by atoms with E-state index in [9.17, 15) is 14.4 Å². The van der Waals surface area contributed by atoms with E-state index in [1.54, 1.807) is 60.7 Å². The van der Waals surface area contributed by atoms with E-state index in [-0.39, 0.29) is 17.4 Å². The molecular formula is C34H26Cl2N4O3S2. The Bertz CT molecular complexity index is 1880. The van der Waals surface area contributed by atoms with Gasteiger partial charge in [-0.2, -0.15) is 0 Å². The van der Waals surface area contributed by atoms with Crippen molar-refractivity contribution in [2.24, 2.45) is 0 Å². The molecule has 0 unspecified atom stereocenters. The average Bonchev–Trinajstić information content (AvgIpc) is 3.48. The molecule has 0 saturated heterocycles. The molecule has 3 amide bonds. The number of benzene rings is 4. The molecule has 5 rings (SSSR count). The largest absolute Gasteiger partial charge is 0.321 e. The Hall–Kier alpha value is -4.41. The van der Waals surface area contributed by atoms with Crippen molar-refractivity contribution in [1.82, 2.24) is 10.3 Å². The summed E-state index contributed by atoms with van der Waals surface area (Å²) in [6.07, 6.45) is 1.64. The van der Waals surface area contributed by atoms with Gasteiger partial charge in [0.2, 0.25) is 5.91 Å². The van der Waals surface area contributed by atoms with Gasteiger partial charge in [-0.1, -0.05) is 71.2 Å². The Kier molecular flexibility index (Phi) is 10.7. The van der Waals surface area contributed by atoms with Gasteiger partial charge in [-0.05, 0) is 73.2 Å². The van der Waals surface area contributed by atoms with Crippen molar-refractivity contribution in [3.63, 3.8) is 0 Å². The first-order chi connectivity index (χ1) is 21.7. The molecule has 0 aliphatic heterocycles. The maximum absolute atomic E-state index is 13.3. The van der Waals surface area contributed by atoms with Crippen LogP contribution in [0.5, 0.6) is 0 Å². The van der Waals surface area contributed by atoms with Gasteiger partial charge in [-0.3, -0.25) is 14.4 Å². The maximum Gasteiger partial charge on any atom is 0.272 e. The third-order valence-electron chi connectivity index (χ3n) is 6.32. The summed E-state index contributed by atoms with van der Waals surface area (Å²) in [6, 6.07) is 28.6. The fraction of sp³-hybridized carbons (Fsp3) is 0.0588. The van der Waals surface area contributed by atoms with Gasteiger partial charge in [-0.25, -0.2) is 4.98 Å². The van der Waals surface area contributed by atoms with Crippen LogP contribution in [0.2, 0.25) is 10.0 Å². The van der Waals surface area contributed by atoms with Gasteiger partial charge in [0, 0.05) is 32.1 Å². The lowest BCUT2D eigenvalue weighted by Crippen LogP contribution is -2.30. The molecule has 3 N–H and O–H groups in total. The highest BCUT2D eigenvalue weighted by molar-refractivity contribution is 8.00. The van der Waals surface area contributed by atoms with Gasteiger partial charge in [0.15, 0.2) is 5.13 Å². The van der Waals surface area contributed by atoms with Crippen LogP contribution in [-0.4, -0.2) is 28.5 Å². The van der Waals surface area contributed by atoms with Crippen molar-refractivity contribution in [3.05, 3.63) is 135 Å². The molecule has 0 aliphatic carbocycles. The summed E-state index contributed by atoms with van der Waals surface area (Å²) in [7, 11) is 0. The summed E-state index contributed by atoms with van der Waals surface area (Å²) in [4.78, 5) is 44.1. The Morgan fingerprint density at radius 1 is 0.889 bits per heavy atom. The average molecular weight is 674 g/mol. The first-order valence-corrected chi connectivity index (χ1v) is 16.3. The molecule has 0 fully saturated rings. The van der Waals surface area contributed by atoms with E-state index in [4.69, 9.17) is 23.2 Å². The van der Waals surface area contributed by atoms with Crippen LogP contribution < -0.4 is 16.0 Å². The summed E-state index contributed by atoms with van der Waals surface area (Å²) in [5, 5.41) is 11.7. The molecule has 0 radical (unpaired) electrons. The molecule has 45 heavy (non-hydrogen) atoms. The normalized spacial score (nSPS) is 11.1. The fourth-order valence-electron chi connectivity index (χ4n) is 4.16. The monoisotopic (exact) mass is 672 g/mol. The molecule has 0 atom stereocenters. The smallest absolute Gasteiger partial charge is 0.272 e. The molecule has 226 valence electrons. The molecular weight excluding hydrogens is 647 g/mol. The minimum atomic E-state index is -0.469. The Morgan fingerprint density at radius 3 is 2.40 bits per heavy atom. The van der Waals surface area contributed by atoms with Crippen molar-refractivity contribution in [3.8, 4) is 11.3 Å². The van der Waals surface area contributed by atoms with Crippen molar-refractivity contribution in [2.75, 3.05) is 16.4 Å². The van der Waals surface area contributed by atoms with E-state index >= 15 is 0 Å². The zero-order chi connectivity index (χ0) is 31.8. The molecule has 4 aromatic carbocycles. The number of carbonyl (C=O) groups is 3. The topological polar surface area (TPSA) is 100 Å².